The van der Waals surface area contributed by atoms with Gasteiger partial charge >= 0.3 is 0 Å². The Morgan fingerprint density at radius 1 is 1.17 bits per heavy atom. The van der Waals surface area contributed by atoms with Crippen LogP contribution < -0.4 is 5.73 Å². The van der Waals surface area contributed by atoms with Crippen LogP contribution in [0.1, 0.15) is 41.0 Å². The Hall–Kier alpha value is -1.54. The Labute approximate surface area is 109 Å². The van der Waals surface area contributed by atoms with E-state index >= 15 is 0 Å². The zero-order valence-corrected chi connectivity index (χ0v) is 11.4. The molecule has 0 aliphatic rings. The standard InChI is InChI=1S/C16H21NO/c1-4-16-13(8-9-18-16)15(17)10-14-11(2)6-5-7-12(14)3/h5-9,15H,4,10,17H2,1-3H3. The van der Waals surface area contributed by atoms with Gasteiger partial charge in [-0.25, -0.2) is 0 Å². The maximum absolute atomic E-state index is 6.33. The average molecular weight is 243 g/mol. The van der Waals surface area contributed by atoms with Crippen LogP contribution in [0.2, 0.25) is 0 Å². The largest absolute Gasteiger partial charge is 0.469 e. The molecule has 1 aromatic heterocycles. The molecule has 1 aromatic carbocycles. The summed E-state index contributed by atoms with van der Waals surface area (Å²) in [4.78, 5) is 0. The van der Waals surface area contributed by atoms with E-state index in [4.69, 9.17) is 10.2 Å². The molecule has 1 heterocycles. The fraction of sp³-hybridized carbons (Fsp3) is 0.375. The van der Waals surface area contributed by atoms with Crippen molar-refractivity contribution in [2.75, 3.05) is 0 Å². The highest BCUT2D eigenvalue weighted by Gasteiger charge is 2.15. The second-order valence-electron chi connectivity index (χ2n) is 4.83. The van der Waals surface area contributed by atoms with E-state index in [2.05, 4.69) is 39.0 Å². The number of furan rings is 1. The molecule has 2 aromatic rings. The fourth-order valence-corrected chi connectivity index (χ4v) is 2.47. The molecule has 0 fully saturated rings. The highest BCUT2D eigenvalue weighted by molar-refractivity contribution is 5.35. The smallest absolute Gasteiger partial charge is 0.108 e. The second kappa shape index (κ2) is 5.40. The monoisotopic (exact) mass is 243 g/mol. The van der Waals surface area contributed by atoms with E-state index in [1.165, 1.54) is 16.7 Å². The van der Waals surface area contributed by atoms with E-state index in [1.807, 2.05) is 6.07 Å². The van der Waals surface area contributed by atoms with Crippen LogP contribution in [0.25, 0.3) is 0 Å². The van der Waals surface area contributed by atoms with Gasteiger partial charge in [-0.3, -0.25) is 0 Å². The van der Waals surface area contributed by atoms with E-state index in [0.29, 0.717) is 0 Å². The summed E-state index contributed by atoms with van der Waals surface area (Å²) in [5.74, 6) is 1.01. The number of nitrogens with two attached hydrogens (primary N) is 1. The van der Waals surface area contributed by atoms with Crippen molar-refractivity contribution in [1.82, 2.24) is 0 Å². The molecule has 0 saturated carbocycles. The summed E-state index contributed by atoms with van der Waals surface area (Å²) in [6.07, 6.45) is 3.49. The van der Waals surface area contributed by atoms with Crippen LogP contribution in [0, 0.1) is 13.8 Å². The predicted molar refractivity (Wildman–Crippen MR) is 74.6 cm³/mol. The van der Waals surface area contributed by atoms with E-state index in [-0.39, 0.29) is 6.04 Å². The third kappa shape index (κ3) is 2.49. The molecule has 1 atom stereocenters. The maximum atomic E-state index is 6.33. The molecule has 0 amide bonds. The molecule has 0 radical (unpaired) electrons. The SMILES string of the molecule is CCc1occc1C(N)Cc1c(C)cccc1C. The predicted octanol–water partition coefficient (Wildman–Crippen LogP) is 3.70. The van der Waals surface area contributed by atoms with Crippen molar-refractivity contribution in [2.45, 2.75) is 39.7 Å². The second-order valence-corrected chi connectivity index (χ2v) is 4.83. The quantitative estimate of drug-likeness (QED) is 0.889. The van der Waals surface area contributed by atoms with Crippen molar-refractivity contribution >= 4 is 0 Å². The van der Waals surface area contributed by atoms with Crippen LogP contribution in [-0.4, -0.2) is 0 Å². The summed E-state index contributed by atoms with van der Waals surface area (Å²) in [6, 6.07) is 8.39. The first-order chi connectivity index (χ1) is 8.63. The Balaban J connectivity index is 2.24. The van der Waals surface area contributed by atoms with Crippen molar-refractivity contribution in [2.24, 2.45) is 5.73 Å². The van der Waals surface area contributed by atoms with Gasteiger partial charge in [0.2, 0.25) is 0 Å². The molecule has 2 nitrogen and oxygen atoms in total. The van der Waals surface area contributed by atoms with Gasteiger partial charge in [0.1, 0.15) is 5.76 Å². The van der Waals surface area contributed by atoms with E-state index in [1.54, 1.807) is 6.26 Å². The van der Waals surface area contributed by atoms with Crippen molar-refractivity contribution in [3.63, 3.8) is 0 Å². The van der Waals surface area contributed by atoms with Crippen molar-refractivity contribution in [3.8, 4) is 0 Å². The van der Waals surface area contributed by atoms with Gasteiger partial charge in [0.15, 0.2) is 0 Å². The van der Waals surface area contributed by atoms with Crippen molar-refractivity contribution < 1.29 is 4.42 Å². The van der Waals surface area contributed by atoms with Gasteiger partial charge in [0.05, 0.1) is 6.26 Å². The third-order valence-electron chi connectivity index (χ3n) is 3.57. The first-order valence-corrected chi connectivity index (χ1v) is 6.50. The average Bonchev–Trinajstić information content (AvgIpc) is 2.82. The zero-order chi connectivity index (χ0) is 13.1. The van der Waals surface area contributed by atoms with Gasteiger partial charge < -0.3 is 10.2 Å². The lowest BCUT2D eigenvalue weighted by Crippen LogP contribution is -2.15. The van der Waals surface area contributed by atoms with Gasteiger partial charge in [0, 0.05) is 18.0 Å². The Morgan fingerprint density at radius 2 is 1.83 bits per heavy atom. The molecular weight excluding hydrogens is 222 g/mol. The molecule has 0 aliphatic carbocycles. The van der Waals surface area contributed by atoms with Gasteiger partial charge in [-0.1, -0.05) is 25.1 Å². The van der Waals surface area contributed by atoms with E-state index in [9.17, 15) is 0 Å². The molecule has 96 valence electrons. The van der Waals surface area contributed by atoms with Crippen molar-refractivity contribution in [1.29, 1.82) is 0 Å². The molecule has 0 aliphatic heterocycles. The molecule has 1 unspecified atom stereocenters. The summed E-state index contributed by atoms with van der Waals surface area (Å²) < 4.78 is 5.45. The zero-order valence-electron chi connectivity index (χ0n) is 11.4. The minimum atomic E-state index is 0.0125. The number of benzene rings is 1. The number of aryl methyl sites for hydroxylation is 3. The Morgan fingerprint density at radius 3 is 2.44 bits per heavy atom. The fourth-order valence-electron chi connectivity index (χ4n) is 2.47. The van der Waals surface area contributed by atoms with Gasteiger partial charge in [-0.2, -0.15) is 0 Å². The minimum absolute atomic E-state index is 0.0125. The molecule has 2 N–H and O–H groups in total. The lowest BCUT2D eigenvalue weighted by molar-refractivity contribution is 0.505. The Bertz CT molecular complexity index is 507. The van der Waals surface area contributed by atoms with Crippen LogP contribution in [0.5, 0.6) is 0 Å². The van der Waals surface area contributed by atoms with Gasteiger partial charge in [-0.15, -0.1) is 0 Å². The summed E-state index contributed by atoms with van der Waals surface area (Å²) in [5.41, 5.74) is 11.4. The first kappa shape index (κ1) is 12.9. The molecule has 0 spiro atoms. The third-order valence-corrected chi connectivity index (χ3v) is 3.57. The summed E-state index contributed by atoms with van der Waals surface area (Å²) in [7, 11) is 0. The van der Waals surface area contributed by atoms with Gasteiger partial charge in [-0.05, 0) is 43.0 Å². The molecule has 2 heteroatoms. The minimum Gasteiger partial charge on any atom is -0.469 e. The first-order valence-electron chi connectivity index (χ1n) is 6.50. The molecule has 18 heavy (non-hydrogen) atoms. The number of hydrogen-bond donors (Lipinski definition) is 1. The summed E-state index contributed by atoms with van der Waals surface area (Å²) in [5, 5.41) is 0. The number of hydrogen-bond acceptors (Lipinski definition) is 2. The lowest BCUT2D eigenvalue weighted by atomic mass is 9.93. The topological polar surface area (TPSA) is 39.2 Å². The van der Waals surface area contributed by atoms with Crippen LogP contribution in [0.15, 0.2) is 34.9 Å². The molecule has 2 rings (SSSR count). The molecule has 0 saturated heterocycles. The highest BCUT2D eigenvalue weighted by Crippen LogP contribution is 2.24. The normalized spacial score (nSPS) is 12.7. The summed E-state index contributed by atoms with van der Waals surface area (Å²) >= 11 is 0. The van der Waals surface area contributed by atoms with E-state index in [0.717, 1.165) is 24.2 Å². The summed E-state index contributed by atoms with van der Waals surface area (Å²) in [6.45, 7) is 6.38. The van der Waals surface area contributed by atoms with Crippen molar-refractivity contribution in [3.05, 3.63) is 58.5 Å². The van der Waals surface area contributed by atoms with Crippen LogP contribution in [-0.2, 0) is 12.8 Å². The van der Waals surface area contributed by atoms with Crippen LogP contribution in [0.3, 0.4) is 0 Å². The Kier molecular flexibility index (Phi) is 3.87. The number of rotatable bonds is 4. The molecule has 0 bridgehead atoms. The van der Waals surface area contributed by atoms with Crippen LogP contribution >= 0.6 is 0 Å². The maximum Gasteiger partial charge on any atom is 0.108 e. The van der Waals surface area contributed by atoms with Crippen LogP contribution in [0.4, 0.5) is 0 Å². The highest BCUT2D eigenvalue weighted by atomic mass is 16.3. The van der Waals surface area contributed by atoms with E-state index < -0.39 is 0 Å². The van der Waals surface area contributed by atoms with Gasteiger partial charge in [0.25, 0.3) is 0 Å². The lowest BCUT2D eigenvalue weighted by Gasteiger charge is -2.15. The molecular formula is C16H21NO.